The quantitative estimate of drug-likeness (QED) is 0.388. The second kappa shape index (κ2) is 9.44. The standard InChI is InChI=1S/C27H23FN6O/c1-34-25(19-7-9-20(28)10-8-19)23(18-11-13-30-14-12-18)24-26(34)32-22(16-31-24)33-27(35)21(29)15-17-5-3-2-4-6-17/h2-14,16,21H,15,29H2,1H3,(H,32,33,35)/t21-/m0/s1. The van der Waals surface area contributed by atoms with Gasteiger partial charge in [0, 0.05) is 25.0 Å². The highest BCUT2D eigenvalue weighted by Gasteiger charge is 2.22. The molecule has 1 amide bonds. The van der Waals surface area contributed by atoms with E-state index in [2.05, 4.69) is 20.3 Å². The predicted octanol–water partition coefficient (Wildman–Crippen LogP) is 4.34. The van der Waals surface area contributed by atoms with Crippen LogP contribution in [-0.2, 0) is 18.3 Å². The fourth-order valence-electron chi connectivity index (χ4n) is 4.15. The average Bonchev–Trinajstić information content (AvgIpc) is 3.17. The molecular weight excluding hydrogens is 443 g/mol. The maximum atomic E-state index is 13.6. The van der Waals surface area contributed by atoms with Crippen molar-refractivity contribution in [3.8, 4) is 22.4 Å². The number of nitrogens with zero attached hydrogens (tertiary/aromatic N) is 4. The van der Waals surface area contributed by atoms with Crippen molar-refractivity contribution in [1.82, 2.24) is 19.5 Å². The second-order valence-electron chi connectivity index (χ2n) is 8.24. The molecule has 0 spiro atoms. The molecule has 0 bridgehead atoms. The molecule has 5 aromatic rings. The summed E-state index contributed by atoms with van der Waals surface area (Å²) in [7, 11) is 1.87. The maximum absolute atomic E-state index is 13.6. The van der Waals surface area contributed by atoms with Gasteiger partial charge in [0.05, 0.1) is 17.9 Å². The Balaban J connectivity index is 1.53. The third-order valence-electron chi connectivity index (χ3n) is 5.85. The molecule has 174 valence electrons. The minimum atomic E-state index is -0.731. The van der Waals surface area contributed by atoms with E-state index in [4.69, 9.17) is 5.73 Å². The summed E-state index contributed by atoms with van der Waals surface area (Å²) in [4.78, 5) is 26.2. The Morgan fingerprint density at radius 1 is 1.03 bits per heavy atom. The molecule has 3 aromatic heterocycles. The van der Waals surface area contributed by atoms with Crippen LogP contribution >= 0.6 is 0 Å². The lowest BCUT2D eigenvalue weighted by Crippen LogP contribution is -2.37. The van der Waals surface area contributed by atoms with Crippen LogP contribution in [0, 0.1) is 5.82 Å². The van der Waals surface area contributed by atoms with Crippen LogP contribution in [0.15, 0.2) is 85.3 Å². The van der Waals surface area contributed by atoms with Gasteiger partial charge in [-0.05, 0) is 59.5 Å². The summed E-state index contributed by atoms with van der Waals surface area (Å²) >= 11 is 0. The lowest BCUT2D eigenvalue weighted by atomic mass is 10.0. The number of hydrogen-bond acceptors (Lipinski definition) is 5. The summed E-state index contributed by atoms with van der Waals surface area (Å²) in [6.45, 7) is 0. The van der Waals surface area contributed by atoms with Gasteiger partial charge in [0.2, 0.25) is 5.91 Å². The molecule has 0 radical (unpaired) electrons. The SMILES string of the molecule is Cn1c(-c2ccc(F)cc2)c(-c2ccncc2)c2ncc(NC(=O)[C@@H](N)Cc3ccccc3)nc21. The Morgan fingerprint density at radius 3 is 2.46 bits per heavy atom. The van der Waals surface area contributed by atoms with E-state index in [1.807, 2.05) is 54.1 Å². The smallest absolute Gasteiger partial charge is 0.242 e. The molecule has 0 saturated heterocycles. The van der Waals surface area contributed by atoms with Crippen molar-refractivity contribution in [1.29, 1.82) is 0 Å². The van der Waals surface area contributed by atoms with Gasteiger partial charge in [-0.15, -0.1) is 0 Å². The van der Waals surface area contributed by atoms with E-state index in [0.29, 0.717) is 23.4 Å². The number of anilines is 1. The Kier molecular flexibility index (Phi) is 6.03. The highest BCUT2D eigenvalue weighted by Crippen LogP contribution is 2.39. The van der Waals surface area contributed by atoms with Crippen molar-refractivity contribution in [2.24, 2.45) is 12.8 Å². The van der Waals surface area contributed by atoms with Crippen LogP contribution in [0.4, 0.5) is 10.2 Å². The molecule has 1 atom stereocenters. The van der Waals surface area contributed by atoms with Gasteiger partial charge < -0.3 is 15.6 Å². The maximum Gasteiger partial charge on any atom is 0.242 e. The molecule has 0 aliphatic heterocycles. The number of pyridine rings is 1. The molecule has 3 heterocycles. The monoisotopic (exact) mass is 466 g/mol. The third-order valence-corrected chi connectivity index (χ3v) is 5.85. The fourth-order valence-corrected chi connectivity index (χ4v) is 4.15. The lowest BCUT2D eigenvalue weighted by Gasteiger charge is -2.12. The second-order valence-corrected chi connectivity index (χ2v) is 8.24. The third kappa shape index (κ3) is 4.51. The minimum absolute atomic E-state index is 0.304. The number of nitrogens with two attached hydrogens (primary N) is 1. The molecule has 5 rings (SSSR count). The first-order valence-corrected chi connectivity index (χ1v) is 11.1. The molecule has 7 nitrogen and oxygen atoms in total. The Labute approximate surface area is 201 Å². The summed E-state index contributed by atoms with van der Waals surface area (Å²) in [6, 6.07) is 18.9. The van der Waals surface area contributed by atoms with Crippen molar-refractivity contribution < 1.29 is 9.18 Å². The Morgan fingerprint density at radius 2 is 1.74 bits per heavy atom. The number of halogens is 1. The van der Waals surface area contributed by atoms with E-state index in [1.54, 1.807) is 24.5 Å². The van der Waals surface area contributed by atoms with Crippen molar-refractivity contribution in [2.45, 2.75) is 12.5 Å². The van der Waals surface area contributed by atoms with Gasteiger partial charge in [-0.3, -0.25) is 9.78 Å². The number of carbonyl (C=O) groups is 1. The number of hydrogen-bond donors (Lipinski definition) is 2. The van der Waals surface area contributed by atoms with E-state index < -0.39 is 6.04 Å². The predicted molar refractivity (Wildman–Crippen MR) is 134 cm³/mol. The van der Waals surface area contributed by atoms with Crippen LogP contribution in [0.2, 0.25) is 0 Å². The van der Waals surface area contributed by atoms with Crippen molar-refractivity contribution in [3.63, 3.8) is 0 Å². The summed E-state index contributed by atoms with van der Waals surface area (Å²) in [6.07, 6.45) is 5.35. The largest absolute Gasteiger partial charge is 0.326 e. The summed E-state index contributed by atoms with van der Waals surface area (Å²) in [5.41, 5.74) is 11.7. The molecular formula is C27H23FN6O. The summed E-state index contributed by atoms with van der Waals surface area (Å²) < 4.78 is 15.5. The van der Waals surface area contributed by atoms with Crippen LogP contribution in [0.25, 0.3) is 33.5 Å². The van der Waals surface area contributed by atoms with E-state index in [1.165, 1.54) is 18.3 Å². The number of aromatic nitrogens is 4. The van der Waals surface area contributed by atoms with Crippen LogP contribution < -0.4 is 11.1 Å². The van der Waals surface area contributed by atoms with Gasteiger partial charge in [0.15, 0.2) is 11.5 Å². The number of nitrogens with one attached hydrogen (secondary N) is 1. The summed E-state index contributed by atoms with van der Waals surface area (Å²) in [5.74, 6) is -0.352. The number of amides is 1. The van der Waals surface area contributed by atoms with Crippen molar-refractivity contribution >= 4 is 22.9 Å². The molecule has 2 aromatic carbocycles. The zero-order valence-corrected chi connectivity index (χ0v) is 19.0. The molecule has 0 unspecified atom stereocenters. The number of rotatable bonds is 6. The van der Waals surface area contributed by atoms with Gasteiger partial charge in [0.1, 0.15) is 11.3 Å². The van der Waals surface area contributed by atoms with Gasteiger partial charge in [-0.25, -0.2) is 14.4 Å². The number of carbonyl (C=O) groups excluding carboxylic acids is 1. The first-order valence-electron chi connectivity index (χ1n) is 11.1. The Bertz CT molecular complexity index is 1480. The molecule has 0 saturated carbocycles. The minimum Gasteiger partial charge on any atom is -0.326 e. The molecule has 35 heavy (non-hydrogen) atoms. The van der Waals surface area contributed by atoms with Crippen molar-refractivity contribution in [3.05, 3.63) is 96.7 Å². The van der Waals surface area contributed by atoms with E-state index in [9.17, 15) is 9.18 Å². The lowest BCUT2D eigenvalue weighted by molar-refractivity contribution is -0.117. The van der Waals surface area contributed by atoms with Gasteiger partial charge in [-0.1, -0.05) is 30.3 Å². The highest BCUT2D eigenvalue weighted by atomic mass is 19.1. The summed E-state index contributed by atoms with van der Waals surface area (Å²) in [5, 5.41) is 2.79. The molecule has 8 heteroatoms. The van der Waals surface area contributed by atoms with Gasteiger partial charge in [-0.2, -0.15) is 0 Å². The highest BCUT2D eigenvalue weighted by molar-refractivity contribution is 6.02. The fraction of sp³-hybridized carbons (Fsp3) is 0.111. The topological polar surface area (TPSA) is 98.7 Å². The van der Waals surface area contributed by atoms with E-state index in [-0.39, 0.29) is 11.7 Å². The molecule has 0 aliphatic rings. The van der Waals surface area contributed by atoms with Crippen LogP contribution in [0.3, 0.4) is 0 Å². The first-order chi connectivity index (χ1) is 17.0. The molecule has 0 fully saturated rings. The van der Waals surface area contributed by atoms with Crippen LogP contribution in [-0.4, -0.2) is 31.5 Å². The first kappa shape index (κ1) is 22.4. The molecule has 3 N–H and O–H groups in total. The van der Waals surface area contributed by atoms with Crippen molar-refractivity contribution in [2.75, 3.05) is 5.32 Å². The number of benzene rings is 2. The Hall–Kier alpha value is -4.43. The van der Waals surface area contributed by atoms with Gasteiger partial charge in [0.25, 0.3) is 0 Å². The normalized spacial score (nSPS) is 12.0. The van der Waals surface area contributed by atoms with Crippen LogP contribution in [0.1, 0.15) is 5.56 Å². The van der Waals surface area contributed by atoms with E-state index in [0.717, 1.165) is 27.9 Å². The van der Waals surface area contributed by atoms with Gasteiger partial charge >= 0.3 is 0 Å². The zero-order valence-electron chi connectivity index (χ0n) is 19.0. The van der Waals surface area contributed by atoms with E-state index >= 15 is 0 Å². The number of aryl methyl sites for hydroxylation is 1. The zero-order chi connectivity index (χ0) is 24.4. The van der Waals surface area contributed by atoms with Crippen LogP contribution in [0.5, 0.6) is 0 Å². The number of fused-ring (bicyclic) bond motifs is 1. The molecule has 0 aliphatic carbocycles. The average molecular weight is 467 g/mol.